The minimum atomic E-state index is -4.77. The molecule has 3 rings (SSSR count). The van der Waals surface area contributed by atoms with Crippen molar-refractivity contribution in [3.63, 3.8) is 0 Å². The van der Waals surface area contributed by atoms with Gasteiger partial charge in [-0.1, -0.05) is 0 Å². The summed E-state index contributed by atoms with van der Waals surface area (Å²) in [4.78, 5) is 27.2. The molecule has 130 valence electrons. The Labute approximate surface area is 135 Å². The largest absolute Gasteiger partial charge is 0.573 e. The van der Waals surface area contributed by atoms with Gasteiger partial charge >= 0.3 is 12.5 Å². The minimum Gasteiger partial charge on any atom is -0.448 e. The Morgan fingerprint density at radius 3 is 2.50 bits per heavy atom. The average Bonchev–Trinajstić information content (AvgIpc) is 3.14. The van der Waals surface area contributed by atoms with E-state index in [2.05, 4.69) is 4.74 Å². The normalized spacial score (nSPS) is 21.1. The summed E-state index contributed by atoms with van der Waals surface area (Å²) in [6, 6.07) is 4.71. The van der Waals surface area contributed by atoms with Crippen LogP contribution in [0.3, 0.4) is 0 Å². The number of cyclic esters (lactones) is 1. The lowest BCUT2D eigenvalue weighted by Gasteiger charge is -2.22. The van der Waals surface area contributed by atoms with Crippen molar-refractivity contribution in [1.29, 1.82) is 0 Å². The quantitative estimate of drug-likeness (QED) is 0.844. The van der Waals surface area contributed by atoms with Crippen LogP contribution < -0.4 is 4.74 Å². The van der Waals surface area contributed by atoms with E-state index in [0.29, 0.717) is 32.7 Å². The van der Waals surface area contributed by atoms with Gasteiger partial charge in [-0.2, -0.15) is 0 Å². The summed E-state index contributed by atoms with van der Waals surface area (Å²) < 4.78 is 45.1. The number of hydrogen-bond donors (Lipinski definition) is 0. The number of rotatable bonds is 3. The third-order valence-corrected chi connectivity index (χ3v) is 4.02. The van der Waals surface area contributed by atoms with E-state index in [0.717, 1.165) is 12.1 Å². The number of benzene rings is 1. The molecule has 2 heterocycles. The molecule has 2 saturated heterocycles. The third kappa shape index (κ3) is 3.55. The smallest absolute Gasteiger partial charge is 0.448 e. The Bertz CT molecular complexity index is 633. The number of nitrogens with zero attached hydrogens (tertiary/aromatic N) is 2. The maximum absolute atomic E-state index is 12.4. The second-order valence-electron chi connectivity index (χ2n) is 5.57. The SMILES string of the molecule is O=C(c1ccc(OC(F)(F)F)cc1)N1CC[C@H](N2CCOC2=O)C1. The van der Waals surface area contributed by atoms with Gasteiger partial charge in [0.15, 0.2) is 0 Å². The zero-order valence-corrected chi connectivity index (χ0v) is 12.6. The van der Waals surface area contributed by atoms with Gasteiger partial charge in [0.25, 0.3) is 5.91 Å². The lowest BCUT2D eigenvalue weighted by Crippen LogP contribution is -2.39. The maximum Gasteiger partial charge on any atom is 0.573 e. The van der Waals surface area contributed by atoms with Crippen LogP contribution in [0.15, 0.2) is 24.3 Å². The number of carbonyl (C=O) groups excluding carboxylic acids is 2. The molecule has 1 aromatic rings. The van der Waals surface area contributed by atoms with Gasteiger partial charge in [0, 0.05) is 18.7 Å². The predicted molar refractivity (Wildman–Crippen MR) is 75.5 cm³/mol. The van der Waals surface area contributed by atoms with Gasteiger partial charge < -0.3 is 14.4 Å². The molecule has 24 heavy (non-hydrogen) atoms. The maximum atomic E-state index is 12.4. The highest BCUT2D eigenvalue weighted by Gasteiger charge is 2.36. The molecule has 0 N–H and O–H groups in total. The van der Waals surface area contributed by atoms with Crippen LogP contribution in [0, 0.1) is 0 Å². The molecule has 0 spiro atoms. The molecule has 6 nitrogen and oxygen atoms in total. The van der Waals surface area contributed by atoms with Crippen LogP contribution in [0.5, 0.6) is 5.75 Å². The van der Waals surface area contributed by atoms with E-state index >= 15 is 0 Å². The van der Waals surface area contributed by atoms with E-state index in [-0.39, 0.29) is 29.4 Å². The topological polar surface area (TPSA) is 59.1 Å². The first-order valence-electron chi connectivity index (χ1n) is 7.42. The molecule has 9 heteroatoms. The van der Waals surface area contributed by atoms with Crippen molar-refractivity contribution in [2.24, 2.45) is 0 Å². The van der Waals surface area contributed by atoms with Crippen LogP contribution in [0.1, 0.15) is 16.8 Å². The van der Waals surface area contributed by atoms with Crippen molar-refractivity contribution in [3.05, 3.63) is 29.8 Å². The van der Waals surface area contributed by atoms with E-state index in [9.17, 15) is 22.8 Å². The molecule has 2 aliphatic heterocycles. The van der Waals surface area contributed by atoms with Crippen molar-refractivity contribution in [2.45, 2.75) is 18.8 Å². The molecule has 2 amide bonds. The summed E-state index contributed by atoms with van der Waals surface area (Å²) in [7, 11) is 0. The van der Waals surface area contributed by atoms with Crippen molar-refractivity contribution >= 4 is 12.0 Å². The van der Waals surface area contributed by atoms with Gasteiger partial charge in [-0.3, -0.25) is 9.69 Å². The van der Waals surface area contributed by atoms with Crippen LogP contribution in [-0.4, -0.2) is 60.4 Å². The van der Waals surface area contributed by atoms with Crippen LogP contribution in [0.2, 0.25) is 0 Å². The Balaban J connectivity index is 1.61. The fourth-order valence-corrected chi connectivity index (χ4v) is 2.90. The van der Waals surface area contributed by atoms with Gasteiger partial charge in [0.2, 0.25) is 0 Å². The lowest BCUT2D eigenvalue weighted by atomic mass is 10.2. The first-order valence-corrected chi connectivity index (χ1v) is 7.42. The van der Waals surface area contributed by atoms with Gasteiger partial charge in [-0.25, -0.2) is 4.79 Å². The average molecular weight is 344 g/mol. The van der Waals surface area contributed by atoms with Gasteiger partial charge in [0.05, 0.1) is 12.6 Å². The minimum absolute atomic E-state index is 0.0863. The third-order valence-electron chi connectivity index (χ3n) is 4.02. The van der Waals surface area contributed by atoms with Crippen LogP contribution >= 0.6 is 0 Å². The molecule has 2 fully saturated rings. The van der Waals surface area contributed by atoms with Gasteiger partial charge in [-0.05, 0) is 30.7 Å². The standard InChI is InChI=1S/C15H15F3N2O4/c16-15(17,18)24-12-3-1-10(2-4-12)13(21)19-6-5-11(9-19)20-7-8-23-14(20)22/h1-4,11H,5-9H2/t11-/m0/s1. The summed E-state index contributed by atoms with van der Waals surface area (Å²) in [6.07, 6.45) is -4.49. The van der Waals surface area contributed by atoms with Crippen LogP contribution in [-0.2, 0) is 4.74 Å². The summed E-state index contributed by atoms with van der Waals surface area (Å²) in [5.41, 5.74) is 0.272. The molecule has 0 unspecified atom stereocenters. The van der Waals surface area contributed by atoms with Gasteiger partial charge in [-0.15, -0.1) is 13.2 Å². The number of hydrogen-bond acceptors (Lipinski definition) is 4. The molecule has 1 aromatic carbocycles. The van der Waals surface area contributed by atoms with Crippen molar-refractivity contribution < 1.29 is 32.2 Å². The molecule has 0 radical (unpaired) electrons. The highest BCUT2D eigenvalue weighted by Crippen LogP contribution is 2.24. The predicted octanol–water partition coefficient (Wildman–Crippen LogP) is 2.25. The summed E-state index contributed by atoms with van der Waals surface area (Å²) in [6.45, 7) is 1.72. The van der Waals surface area contributed by atoms with E-state index < -0.39 is 6.36 Å². The molecule has 0 aliphatic carbocycles. The zero-order valence-electron chi connectivity index (χ0n) is 12.6. The van der Waals surface area contributed by atoms with Crippen molar-refractivity contribution in [3.8, 4) is 5.75 Å². The van der Waals surface area contributed by atoms with Crippen LogP contribution in [0.25, 0.3) is 0 Å². The highest BCUT2D eigenvalue weighted by atomic mass is 19.4. The summed E-state index contributed by atoms with van der Waals surface area (Å²) in [5.74, 6) is -0.665. The van der Waals surface area contributed by atoms with Crippen molar-refractivity contribution in [2.75, 3.05) is 26.2 Å². The van der Waals surface area contributed by atoms with E-state index in [4.69, 9.17) is 4.74 Å². The molecule has 0 bridgehead atoms. The van der Waals surface area contributed by atoms with E-state index in [1.54, 1.807) is 9.80 Å². The lowest BCUT2D eigenvalue weighted by molar-refractivity contribution is -0.274. The fraction of sp³-hybridized carbons (Fsp3) is 0.467. The number of carbonyl (C=O) groups is 2. The molecule has 0 saturated carbocycles. The second kappa shape index (κ2) is 6.21. The Hall–Kier alpha value is -2.45. The number of amides is 2. The zero-order chi connectivity index (χ0) is 17.3. The second-order valence-corrected chi connectivity index (χ2v) is 5.57. The summed E-state index contributed by atoms with van der Waals surface area (Å²) >= 11 is 0. The number of likely N-dealkylation sites (tertiary alicyclic amines) is 1. The van der Waals surface area contributed by atoms with Crippen molar-refractivity contribution in [1.82, 2.24) is 9.80 Å². The Morgan fingerprint density at radius 2 is 1.92 bits per heavy atom. The van der Waals surface area contributed by atoms with Gasteiger partial charge in [0.1, 0.15) is 12.4 Å². The summed E-state index contributed by atoms with van der Waals surface area (Å²) in [5, 5.41) is 0. The number of halogens is 3. The molecular weight excluding hydrogens is 329 g/mol. The monoisotopic (exact) mass is 344 g/mol. The van der Waals surface area contributed by atoms with E-state index in [1.165, 1.54) is 12.1 Å². The first kappa shape index (κ1) is 16.4. The van der Waals surface area contributed by atoms with Crippen LogP contribution in [0.4, 0.5) is 18.0 Å². The van der Waals surface area contributed by atoms with E-state index in [1.807, 2.05) is 0 Å². The molecule has 1 atom stereocenters. The Morgan fingerprint density at radius 1 is 1.21 bits per heavy atom. The Kier molecular flexibility index (Phi) is 4.25. The first-order chi connectivity index (χ1) is 11.3. The number of ether oxygens (including phenoxy) is 2. The molecular formula is C15H15F3N2O4. The molecule has 0 aromatic heterocycles. The molecule has 2 aliphatic rings. The fourth-order valence-electron chi connectivity index (χ4n) is 2.90. The highest BCUT2D eigenvalue weighted by molar-refractivity contribution is 5.94. The number of alkyl halides is 3.